The fourth-order valence-electron chi connectivity index (χ4n) is 1.40. The summed E-state index contributed by atoms with van der Waals surface area (Å²) in [6.07, 6.45) is 0. The molecule has 0 bridgehead atoms. The quantitative estimate of drug-likeness (QED) is 0.844. The van der Waals surface area contributed by atoms with Crippen LogP contribution in [0.3, 0.4) is 0 Å². The van der Waals surface area contributed by atoms with Crippen LogP contribution in [0.5, 0.6) is 0 Å². The first-order valence-electron chi connectivity index (χ1n) is 4.85. The minimum atomic E-state index is 0.655. The van der Waals surface area contributed by atoms with Gasteiger partial charge in [0.05, 0.1) is 15.0 Å². The molecule has 1 N–H and O–H groups in total. The Labute approximate surface area is 121 Å². The zero-order valence-electron chi connectivity index (χ0n) is 8.71. The number of nitrogens with one attached hydrogen (secondary N) is 1. The molecule has 0 amide bonds. The highest BCUT2D eigenvalue weighted by atomic mass is 79.9. The van der Waals surface area contributed by atoms with Crippen LogP contribution in [0.4, 0.5) is 5.69 Å². The molecule has 1 aromatic heterocycles. The van der Waals surface area contributed by atoms with Gasteiger partial charge in [-0.15, -0.1) is 11.3 Å². The maximum absolute atomic E-state index is 9.00. The average Bonchev–Trinajstić information content (AvgIpc) is 2.73. The van der Waals surface area contributed by atoms with Crippen LogP contribution in [0.25, 0.3) is 0 Å². The predicted octanol–water partition coefficient (Wildman–Crippen LogP) is 4.76. The molecule has 0 aliphatic rings. The lowest BCUT2D eigenvalue weighted by molar-refractivity contribution is 1.16. The number of hydrogen-bond acceptors (Lipinski definition) is 3. The van der Waals surface area contributed by atoms with Crippen molar-refractivity contribution in [3.63, 3.8) is 0 Å². The molecule has 2 nitrogen and oxygen atoms in total. The van der Waals surface area contributed by atoms with E-state index < -0.39 is 0 Å². The van der Waals surface area contributed by atoms with Crippen molar-refractivity contribution in [3.05, 3.63) is 49.0 Å². The van der Waals surface area contributed by atoms with Crippen LogP contribution >= 0.6 is 43.2 Å². The van der Waals surface area contributed by atoms with Crippen molar-refractivity contribution >= 4 is 48.9 Å². The van der Waals surface area contributed by atoms with E-state index in [9.17, 15) is 0 Å². The molecule has 0 saturated carbocycles. The summed E-state index contributed by atoms with van der Waals surface area (Å²) in [5, 5.41) is 14.4. The van der Waals surface area contributed by atoms with Crippen molar-refractivity contribution < 1.29 is 0 Å². The molecule has 0 saturated heterocycles. The van der Waals surface area contributed by atoms with Crippen LogP contribution in [0, 0.1) is 11.3 Å². The molecule has 0 atom stereocenters. The zero-order valence-corrected chi connectivity index (χ0v) is 12.7. The topological polar surface area (TPSA) is 35.8 Å². The van der Waals surface area contributed by atoms with E-state index in [1.807, 2.05) is 12.1 Å². The molecule has 5 heteroatoms. The lowest BCUT2D eigenvalue weighted by atomic mass is 10.2. The molecular formula is C12H8Br2N2S. The summed E-state index contributed by atoms with van der Waals surface area (Å²) in [7, 11) is 0. The van der Waals surface area contributed by atoms with E-state index in [1.54, 1.807) is 17.4 Å². The SMILES string of the molecule is N#Cc1ccc(Br)cc1NCc1csc(Br)c1. The van der Waals surface area contributed by atoms with Gasteiger partial charge in [0, 0.05) is 11.0 Å². The highest BCUT2D eigenvalue weighted by Crippen LogP contribution is 2.24. The lowest BCUT2D eigenvalue weighted by Crippen LogP contribution is -2.00. The van der Waals surface area contributed by atoms with Crippen molar-refractivity contribution in [1.29, 1.82) is 5.26 Å². The molecule has 2 aromatic rings. The molecule has 0 aliphatic carbocycles. The van der Waals surface area contributed by atoms with Crippen molar-refractivity contribution in [2.45, 2.75) is 6.54 Å². The third kappa shape index (κ3) is 3.32. The Balaban J connectivity index is 2.13. The van der Waals surface area contributed by atoms with Crippen molar-refractivity contribution in [3.8, 4) is 6.07 Å². The third-order valence-corrected chi connectivity index (χ3v) is 4.25. The number of nitrogens with zero attached hydrogens (tertiary/aromatic N) is 1. The van der Waals surface area contributed by atoms with Gasteiger partial charge in [-0.3, -0.25) is 0 Å². The fraction of sp³-hybridized carbons (Fsp3) is 0.0833. The van der Waals surface area contributed by atoms with E-state index in [-0.39, 0.29) is 0 Å². The molecular weight excluding hydrogens is 364 g/mol. The van der Waals surface area contributed by atoms with Crippen molar-refractivity contribution in [2.24, 2.45) is 0 Å². The van der Waals surface area contributed by atoms with Gasteiger partial charge in [0.25, 0.3) is 0 Å². The van der Waals surface area contributed by atoms with Crippen LogP contribution in [-0.4, -0.2) is 0 Å². The summed E-state index contributed by atoms with van der Waals surface area (Å²) in [5.41, 5.74) is 2.71. The number of nitriles is 1. The van der Waals surface area contributed by atoms with E-state index >= 15 is 0 Å². The highest BCUT2D eigenvalue weighted by molar-refractivity contribution is 9.11. The average molecular weight is 372 g/mol. The largest absolute Gasteiger partial charge is 0.380 e. The van der Waals surface area contributed by atoms with Gasteiger partial charge in [0.1, 0.15) is 6.07 Å². The van der Waals surface area contributed by atoms with E-state index in [0.717, 1.165) is 13.9 Å². The van der Waals surface area contributed by atoms with Gasteiger partial charge in [-0.25, -0.2) is 0 Å². The van der Waals surface area contributed by atoms with Gasteiger partial charge in [0.15, 0.2) is 0 Å². The van der Waals surface area contributed by atoms with Gasteiger partial charge in [-0.1, -0.05) is 15.9 Å². The van der Waals surface area contributed by atoms with Crippen molar-refractivity contribution in [2.75, 3.05) is 5.32 Å². The summed E-state index contributed by atoms with van der Waals surface area (Å²) >= 11 is 8.49. The van der Waals surface area contributed by atoms with Crippen molar-refractivity contribution in [1.82, 2.24) is 0 Å². The number of hydrogen-bond donors (Lipinski definition) is 1. The number of benzene rings is 1. The molecule has 0 unspecified atom stereocenters. The Hall–Kier alpha value is -0.830. The zero-order chi connectivity index (χ0) is 12.3. The molecule has 0 spiro atoms. The summed E-state index contributed by atoms with van der Waals surface area (Å²) in [5.74, 6) is 0. The number of halogens is 2. The van der Waals surface area contributed by atoms with Gasteiger partial charge < -0.3 is 5.32 Å². The Kier molecular flexibility index (Phi) is 4.21. The summed E-state index contributed by atoms with van der Waals surface area (Å²) in [4.78, 5) is 0. The van der Waals surface area contributed by atoms with Gasteiger partial charge in [0.2, 0.25) is 0 Å². The maximum atomic E-state index is 9.00. The summed E-state index contributed by atoms with van der Waals surface area (Å²) in [6, 6.07) is 9.83. The van der Waals surface area contributed by atoms with Crippen LogP contribution in [0.1, 0.15) is 11.1 Å². The monoisotopic (exact) mass is 370 g/mol. The second-order valence-electron chi connectivity index (χ2n) is 3.41. The molecule has 0 aliphatic heterocycles. The van der Waals surface area contributed by atoms with E-state index in [0.29, 0.717) is 12.1 Å². The van der Waals surface area contributed by atoms with Gasteiger partial charge >= 0.3 is 0 Å². The Morgan fingerprint density at radius 1 is 1.29 bits per heavy atom. The smallest absolute Gasteiger partial charge is 0.101 e. The minimum absolute atomic E-state index is 0.655. The standard InChI is InChI=1S/C12H8Br2N2S/c13-10-2-1-9(5-15)11(4-10)16-6-8-3-12(14)17-7-8/h1-4,7,16H,6H2. The molecule has 86 valence electrons. The van der Waals surface area contributed by atoms with Crippen LogP contribution < -0.4 is 5.32 Å². The maximum Gasteiger partial charge on any atom is 0.101 e. The number of rotatable bonds is 3. The first-order valence-corrected chi connectivity index (χ1v) is 7.32. The van der Waals surface area contributed by atoms with Gasteiger partial charge in [-0.2, -0.15) is 5.26 Å². The van der Waals surface area contributed by atoms with Crippen LogP contribution in [0.2, 0.25) is 0 Å². The van der Waals surface area contributed by atoms with Crippen LogP contribution in [0.15, 0.2) is 37.9 Å². The number of anilines is 1. The molecule has 0 fully saturated rings. The first-order chi connectivity index (χ1) is 8.19. The molecule has 1 aromatic carbocycles. The van der Waals surface area contributed by atoms with E-state index in [1.165, 1.54) is 5.56 Å². The number of thiophene rings is 1. The molecule has 0 radical (unpaired) electrons. The minimum Gasteiger partial charge on any atom is -0.380 e. The lowest BCUT2D eigenvalue weighted by Gasteiger charge is -2.07. The van der Waals surface area contributed by atoms with Gasteiger partial charge in [-0.05, 0) is 51.1 Å². The molecule has 2 rings (SSSR count). The normalized spacial score (nSPS) is 9.94. The Bertz CT molecular complexity index is 572. The second kappa shape index (κ2) is 5.67. The predicted molar refractivity (Wildman–Crippen MR) is 78.2 cm³/mol. The van der Waals surface area contributed by atoms with E-state index in [4.69, 9.17) is 5.26 Å². The van der Waals surface area contributed by atoms with Crippen LogP contribution in [-0.2, 0) is 6.54 Å². The molecule has 1 heterocycles. The fourth-order valence-corrected chi connectivity index (χ4v) is 2.97. The first kappa shape index (κ1) is 12.6. The summed E-state index contributed by atoms with van der Waals surface area (Å²) < 4.78 is 2.08. The summed E-state index contributed by atoms with van der Waals surface area (Å²) in [6.45, 7) is 0.716. The third-order valence-electron chi connectivity index (χ3n) is 2.21. The Morgan fingerprint density at radius 3 is 2.76 bits per heavy atom. The Morgan fingerprint density at radius 2 is 2.12 bits per heavy atom. The molecule has 17 heavy (non-hydrogen) atoms. The second-order valence-corrected chi connectivity index (χ2v) is 6.62. The highest BCUT2D eigenvalue weighted by Gasteiger charge is 2.03. The van der Waals surface area contributed by atoms with E-state index in [2.05, 4.69) is 54.7 Å².